The lowest BCUT2D eigenvalue weighted by Crippen LogP contribution is -2.46. The van der Waals surface area contributed by atoms with E-state index in [1.54, 1.807) is 21.0 Å². The van der Waals surface area contributed by atoms with Gasteiger partial charge in [0.15, 0.2) is 0 Å². The van der Waals surface area contributed by atoms with Crippen molar-refractivity contribution in [3.05, 3.63) is 0 Å². The fourth-order valence-electron chi connectivity index (χ4n) is 1.03. The number of carbonyl (C=O) groups is 1. The van der Waals surface area contributed by atoms with E-state index in [9.17, 15) is 13.2 Å². The van der Waals surface area contributed by atoms with Gasteiger partial charge in [-0.2, -0.15) is 8.42 Å². The number of hydrogen-bond donors (Lipinski definition) is 1. The molecule has 0 heterocycles. The van der Waals surface area contributed by atoms with Gasteiger partial charge in [-0.15, -0.1) is 0 Å². The molecular weight excluding hydrogens is 234 g/mol. The van der Waals surface area contributed by atoms with Crippen molar-refractivity contribution >= 4 is 16.1 Å². The molecule has 0 radical (unpaired) electrons. The second kappa shape index (κ2) is 5.60. The van der Waals surface area contributed by atoms with Crippen molar-refractivity contribution in [3.8, 4) is 0 Å². The Hall–Kier alpha value is -0.660. The molecule has 0 aliphatic carbocycles. The normalized spacial score (nSPS) is 14.6. The maximum Gasteiger partial charge on any atom is 0.316 e. The highest BCUT2D eigenvalue weighted by molar-refractivity contribution is 7.85. The van der Waals surface area contributed by atoms with Crippen LogP contribution in [-0.2, 0) is 19.6 Å². The van der Waals surface area contributed by atoms with Crippen molar-refractivity contribution in [2.75, 3.05) is 26.7 Å². The molecule has 0 rings (SSSR count). The van der Waals surface area contributed by atoms with Crippen LogP contribution >= 0.6 is 0 Å². The Morgan fingerprint density at radius 1 is 1.44 bits per heavy atom. The van der Waals surface area contributed by atoms with Crippen molar-refractivity contribution in [2.24, 2.45) is 5.92 Å². The first-order chi connectivity index (χ1) is 7.07. The molecule has 1 unspecified atom stereocenters. The molecule has 0 aromatic heterocycles. The Bertz CT molecular complexity index is 336. The Kier molecular flexibility index (Phi) is 5.37. The van der Waals surface area contributed by atoms with E-state index in [4.69, 9.17) is 9.29 Å². The lowest BCUT2D eigenvalue weighted by atomic mass is 10.1. The van der Waals surface area contributed by atoms with Gasteiger partial charge in [0.05, 0.1) is 20.0 Å². The predicted octanol–water partition coefficient (Wildman–Crippen LogP) is 0.455. The second-order valence-electron chi connectivity index (χ2n) is 4.55. The van der Waals surface area contributed by atoms with Gasteiger partial charge in [-0.05, 0) is 6.42 Å². The maximum atomic E-state index is 11.3. The van der Waals surface area contributed by atoms with Crippen molar-refractivity contribution in [2.45, 2.75) is 20.3 Å². The van der Waals surface area contributed by atoms with Gasteiger partial charge < -0.3 is 4.74 Å². The van der Waals surface area contributed by atoms with Crippen molar-refractivity contribution in [3.63, 3.8) is 0 Å². The van der Waals surface area contributed by atoms with Crippen molar-refractivity contribution < 1.29 is 27.0 Å². The quantitative estimate of drug-likeness (QED) is 0.322. The van der Waals surface area contributed by atoms with Crippen LogP contribution in [0.4, 0.5) is 0 Å². The van der Waals surface area contributed by atoms with Crippen molar-refractivity contribution in [1.29, 1.82) is 0 Å². The Morgan fingerprint density at radius 3 is 2.31 bits per heavy atom. The van der Waals surface area contributed by atoms with Crippen LogP contribution in [0.2, 0.25) is 0 Å². The highest BCUT2D eigenvalue weighted by Crippen LogP contribution is 2.06. The van der Waals surface area contributed by atoms with Crippen molar-refractivity contribution in [1.82, 2.24) is 0 Å². The lowest BCUT2D eigenvalue weighted by Gasteiger charge is -2.27. The van der Waals surface area contributed by atoms with Crippen LogP contribution in [0.1, 0.15) is 20.3 Å². The van der Waals surface area contributed by atoms with Gasteiger partial charge in [0, 0.05) is 0 Å². The summed E-state index contributed by atoms with van der Waals surface area (Å²) in [6.07, 6.45) is 0.671. The zero-order valence-electron chi connectivity index (χ0n) is 10.1. The van der Waals surface area contributed by atoms with Crippen LogP contribution in [0.5, 0.6) is 0 Å². The molecule has 0 aromatic carbocycles. The largest absolute Gasteiger partial charge is 0.415 e. The maximum absolute atomic E-state index is 11.3. The summed E-state index contributed by atoms with van der Waals surface area (Å²) in [5.41, 5.74) is 0. The molecule has 96 valence electrons. The van der Waals surface area contributed by atoms with E-state index in [2.05, 4.69) is 0 Å². The molecule has 6 nitrogen and oxygen atoms in total. The van der Waals surface area contributed by atoms with E-state index in [0.29, 0.717) is 6.42 Å². The summed E-state index contributed by atoms with van der Waals surface area (Å²) < 4.78 is 34.9. The van der Waals surface area contributed by atoms with E-state index in [0.717, 1.165) is 0 Å². The molecule has 0 amide bonds. The van der Waals surface area contributed by atoms with Gasteiger partial charge in [0.25, 0.3) is 0 Å². The minimum Gasteiger partial charge on any atom is -0.415 e. The summed E-state index contributed by atoms with van der Waals surface area (Å²) in [5, 5.41) is 0. The number of carbonyl (C=O) groups excluding carboxylic acids is 1. The standard InChI is InChI=1S/C9H19NO5S/c1-5-8(2)9(11)15-6-10(3,4)7-16(12,13)14/h8H,5-7H2,1-4H3/p+1. The Balaban J connectivity index is 4.24. The fraction of sp³-hybridized carbons (Fsp3) is 0.889. The zero-order valence-corrected chi connectivity index (χ0v) is 11.0. The third-order valence-corrected chi connectivity index (χ3v) is 3.11. The van der Waals surface area contributed by atoms with Crippen LogP contribution in [0.3, 0.4) is 0 Å². The molecule has 0 aliphatic heterocycles. The molecule has 7 heteroatoms. The molecule has 0 spiro atoms. The third kappa shape index (κ3) is 6.76. The first-order valence-corrected chi connectivity index (χ1v) is 6.62. The Morgan fingerprint density at radius 2 is 1.94 bits per heavy atom. The van der Waals surface area contributed by atoms with E-state index in [1.165, 1.54) is 0 Å². The minimum atomic E-state index is -4.07. The van der Waals surface area contributed by atoms with Crippen LogP contribution in [0.25, 0.3) is 0 Å². The van der Waals surface area contributed by atoms with Gasteiger partial charge in [0.2, 0.25) is 12.6 Å². The Labute approximate surface area is 96.5 Å². The summed E-state index contributed by atoms with van der Waals surface area (Å²) in [7, 11) is -0.968. The van der Waals surface area contributed by atoms with E-state index < -0.39 is 16.0 Å². The van der Waals surface area contributed by atoms with E-state index in [-0.39, 0.29) is 23.1 Å². The SMILES string of the molecule is CCC(C)C(=O)OC[N+](C)(C)CS(=O)(=O)O. The topological polar surface area (TPSA) is 80.7 Å². The number of nitrogens with zero attached hydrogens (tertiary/aromatic N) is 1. The molecule has 0 aliphatic rings. The third-order valence-electron chi connectivity index (χ3n) is 2.08. The van der Waals surface area contributed by atoms with Crippen LogP contribution in [0.15, 0.2) is 0 Å². The van der Waals surface area contributed by atoms with E-state index >= 15 is 0 Å². The first kappa shape index (κ1) is 15.3. The van der Waals surface area contributed by atoms with Gasteiger partial charge in [0.1, 0.15) is 0 Å². The van der Waals surface area contributed by atoms with Crippen LogP contribution in [0, 0.1) is 5.92 Å². The average molecular weight is 254 g/mol. The zero-order chi connectivity index (χ0) is 13.0. The van der Waals surface area contributed by atoms with E-state index in [1.807, 2.05) is 6.92 Å². The summed E-state index contributed by atoms with van der Waals surface area (Å²) >= 11 is 0. The summed E-state index contributed by atoms with van der Waals surface area (Å²) in [6.45, 7) is 3.53. The predicted molar refractivity (Wildman–Crippen MR) is 58.9 cm³/mol. The monoisotopic (exact) mass is 254 g/mol. The highest BCUT2D eigenvalue weighted by atomic mass is 32.2. The second-order valence-corrected chi connectivity index (χ2v) is 5.97. The molecule has 1 N–H and O–H groups in total. The molecule has 0 saturated heterocycles. The number of rotatable bonds is 6. The lowest BCUT2D eigenvalue weighted by molar-refractivity contribution is -0.896. The molecule has 0 saturated carbocycles. The number of esters is 1. The molecule has 0 aromatic rings. The minimum absolute atomic E-state index is 0.0804. The summed E-state index contributed by atoms with van der Waals surface area (Å²) in [6, 6.07) is 0. The fourth-order valence-corrected chi connectivity index (χ4v) is 1.98. The van der Waals surface area contributed by atoms with Gasteiger partial charge in [-0.1, -0.05) is 13.8 Å². The molecular formula is C9H20NO5S+. The smallest absolute Gasteiger partial charge is 0.316 e. The summed E-state index contributed by atoms with van der Waals surface area (Å²) in [5.74, 6) is -1.05. The molecule has 1 atom stereocenters. The molecule has 16 heavy (non-hydrogen) atoms. The van der Waals surface area contributed by atoms with Gasteiger partial charge >= 0.3 is 16.1 Å². The number of hydrogen-bond acceptors (Lipinski definition) is 4. The van der Waals surface area contributed by atoms with Crippen LogP contribution < -0.4 is 0 Å². The van der Waals surface area contributed by atoms with Gasteiger partial charge in [-0.25, -0.2) is 0 Å². The van der Waals surface area contributed by atoms with Crippen LogP contribution in [-0.4, -0.2) is 50.1 Å². The average Bonchev–Trinajstić information content (AvgIpc) is 2.09. The highest BCUT2D eigenvalue weighted by Gasteiger charge is 2.25. The number of quaternary nitrogens is 1. The first-order valence-electron chi connectivity index (χ1n) is 5.01. The molecule has 0 fully saturated rings. The summed E-state index contributed by atoms with van der Waals surface area (Å²) in [4.78, 5) is 11.3. The number of ether oxygens (including phenoxy) is 1. The molecule has 0 bridgehead atoms. The van der Waals surface area contributed by atoms with Gasteiger partial charge in [-0.3, -0.25) is 13.8 Å².